The molecule has 0 atom stereocenters. The second-order valence-electron chi connectivity index (χ2n) is 6.94. The van der Waals surface area contributed by atoms with E-state index in [9.17, 15) is 19.5 Å². The van der Waals surface area contributed by atoms with Gasteiger partial charge in [-0.1, -0.05) is 12.1 Å². The van der Waals surface area contributed by atoms with Gasteiger partial charge in [0.2, 0.25) is 0 Å². The van der Waals surface area contributed by atoms with E-state index in [4.69, 9.17) is 12.2 Å². The van der Waals surface area contributed by atoms with Gasteiger partial charge in [0.15, 0.2) is 5.11 Å². The largest absolute Gasteiger partial charge is 0.478 e. The molecule has 1 saturated heterocycles. The van der Waals surface area contributed by atoms with E-state index >= 15 is 0 Å². The van der Waals surface area contributed by atoms with E-state index in [1.54, 1.807) is 19.1 Å². The van der Waals surface area contributed by atoms with E-state index in [0.29, 0.717) is 11.1 Å². The summed E-state index contributed by atoms with van der Waals surface area (Å²) in [5, 5.41) is 12.0. The lowest BCUT2D eigenvalue weighted by Crippen LogP contribution is -2.53. The third-order valence-electron chi connectivity index (χ3n) is 5.04. The van der Waals surface area contributed by atoms with Crippen molar-refractivity contribution in [2.24, 2.45) is 0 Å². The van der Waals surface area contributed by atoms with Gasteiger partial charge in [0.1, 0.15) is 5.57 Å². The monoisotopic (exact) mass is 423 g/mol. The zero-order chi connectivity index (χ0) is 22.2. The minimum atomic E-state index is -0.998. The molecule has 0 bridgehead atoms. The van der Waals surface area contributed by atoms with Crippen LogP contribution >= 0.6 is 12.2 Å². The number of nitrogens with zero attached hydrogens (tertiary/aromatic N) is 2. The minimum absolute atomic E-state index is 0.0262. The number of thiocarbonyl (C=S) groups is 1. The van der Waals surface area contributed by atoms with Crippen molar-refractivity contribution in [3.05, 3.63) is 70.6 Å². The second-order valence-corrected chi connectivity index (χ2v) is 7.33. The molecule has 7 nitrogen and oxygen atoms in total. The van der Waals surface area contributed by atoms with Crippen molar-refractivity contribution >= 4 is 41.2 Å². The molecule has 30 heavy (non-hydrogen) atoms. The molecule has 0 aliphatic carbocycles. The van der Waals surface area contributed by atoms with Crippen LogP contribution in [0.25, 0.3) is 11.8 Å². The summed E-state index contributed by atoms with van der Waals surface area (Å²) in [6.07, 6.45) is 3.06. The van der Waals surface area contributed by atoms with Gasteiger partial charge in [-0.25, -0.2) is 4.79 Å². The van der Waals surface area contributed by atoms with E-state index in [1.807, 2.05) is 30.5 Å². The van der Waals surface area contributed by atoms with Gasteiger partial charge < -0.3 is 9.67 Å². The van der Waals surface area contributed by atoms with Crippen molar-refractivity contribution in [2.45, 2.75) is 20.8 Å². The third-order valence-corrected chi connectivity index (χ3v) is 5.37. The molecule has 0 radical (unpaired) electrons. The van der Waals surface area contributed by atoms with Crippen molar-refractivity contribution in [1.82, 2.24) is 14.8 Å². The molecule has 2 amide bonds. The number of hydrogen-bond donors (Lipinski definition) is 2. The maximum Gasteiger partial charge on any atom is 0.336 e. The first-order chi connectivity index (χ1) is 14.2. The Morgan fingerprint density at radius 2 is 1.97 bits per heavy atom. The van der Waals surface area contributed by atoms with Crippen LogP contribution in [-0.4, -0.2) is 44.0 Å². The molecule has 2 N–H and O–H groups in total. The fourth-order valence-electron chi connectivity index (χ4n) is 3.55. The van der Waals surface area contributed by atoms with Gasteiger partial charge in [-0.05, 0) is 68.4 Å². The summed E-state index contributed by atoms with van der Waals surface area (Å²) in [6, 6.07) is 6.93. The van der Waals surface area contributed by atoms with E-state index in [-0.39, 0.29) is 22.8 Å². The summed E-state index contributed by atoms with van der Waals surface area (Å²) >= 11 is 5.07. The van der Waals surface area contributed by atoms with Gasteiger partial charge >= 0.3 is 5.97 Å². The van der Waals surface area contributed by atoms with Crippen molar-refractivity contribution in [1.29, 1.82) is 0 Å². The Kier molecular flexibility index (Phi) is 5.71. The normalized spacial score (nSPS) is 15.5. The quantitative estimate of drug-likeness (QED) is 0.334. The van der Waals surface area contributed by atoms with Crippen LogP contribution in [0.3, 0.4) is 0 Å². The first kappa shape index (κ1) is 21.2. The van der Waals surface area contributed by atoms with Crippen LogP contribution in [0.15, 0.2) is 42.5 Å². The molecule has 1 aliphatic rings. The molecule has 154 valence electrons. The van der Waals surface area contributed by atoms with Crippen molar-refractivity contribution in [3.63, 3.8) is 0 Å². The average Bonchev–Trinajstić information content (AvgIpc) is 2.95. The van der Waals surface area contributed by atoms with Crippen LogP contribution in [-0.2, 0) is 9.59 Å². The molecule has 8 heteroatoms. The number of carboxylic acids is 1. The molecule has 3 rings (SSSR count). The Labute approximate surface area is 179 Å². The number of carbonyl (C=O) groups is 3. The van der Waals surface area contributed by atoms with Gasteiger partial charge in [0, 0.05) is 23.6 Å². The van der Waals surface area contributed by atoms with Gasteiger partial charge in [-0.3, -0.25) is 19.8 Å². The first-order valence-electron chi connectivity index (χ1n) is 9.19. The van der Waals surface area contributed by atoms with Crippen LogP contribution < -0.4 is 5.32 Å². The number of benzene rings is 1. The Hall–Kier alpha value is -3.52. The molecule has 1 fully saturated rings. The second kappa shape index (κ2) is 8.08. The number of carboxylic acid groups (broad SMARTS) is 1. The SMILES string of the molecule is C=CCN1C(=O)C(=Cc2cc(C)n(-c3cccc(C(=O)O)c3C)c2C)C(=O)NC1=S. The molecule has 1 aromatic heterocycles. The van der Waals surface area contributed by atoms with E-state index in [2.05, 4.69) is 11.9 Å². The summed E-state index contributed by atoms with van der Waals surface area (Å²) < 4.78 is 1.91. The smallest absolute Gasteiger partial charge is 0.336 e. The zero-order valence-electron chi connectivity index (χ0n) is 16.9. The van der Waals surface area contributed by atoms with Crippen molar-refractivity contribution in [3.8, 4) is 5.69 Å². The summed E-state index contributed by atoms with van der Waals surface area (Å²) in [7, 11) is 0. The topological polar surface area (TPSA) is 91.6 Å². The Morgan fingerprint density at radius 1 is 1.27 bits per heavy atom. The van der Waals surface area contributed by atoms with Gasteiger partial charge in [-0.2, -0.15) is 0 Å². The highest BCUT2D eigenvalue weighted by molar-refractivity contribution is 7.80. The van der Waals surface area contributed by atoms with Crippen LogP contribution in [0.4, 0.5) is 0 Å². The van der Waals surface area contributed by atoms with Gasteiger partial charge in [-0.15, -0.1) is 6.58 Å². The summed E-state index contributed by atoms with van der Waals surface area (Å²) in [6.45, 7) is 9.28. The van der Waals surface area contributed by atoms with E-state index in [0.717, 1.165) is 17.1 Å². The molecule has 1 aromatic carbocycles. The standard InChI is InChI=1S/C22H21N3O4S/c1-5-9-24-20(27)17(19(26)23-22(24)30)11-15-10-12(2)25(14(15)4)18-8-6-7-16(13(18)3)21(28)29/h5-8,10-11H,1,9H2,2-4H3,(H,28,29)(H,23,26,30). The first-order valence-corrected chi connectivity index (χ1v) is 9.60. The Morgan fingerprint density at radius 3 is 2.60 bits per heavy atom. The van der Waals surface area contributed by atoms with Crippen LogP contribution in [0.5, 0.6) is 0 Å². The molecular formula is C22H21N3O4S. The van der Waals surface area contributed by atoms with Gasteiger partial charge in [0.05, 0.1) is 5.56 Å². The molecule has 2 aromatic rings. The molecule has 0 unspecified atom stereocenters. The number of rotatable bonds is 5. The lowest BCUT2D eigenvalue weighted by atomic mass is 10.1. The molecule has 0 saturated carbocycles. The summed E-state index contributed by atoms with van der Waals surface area (Å²) in [4.78, 5) is 38.0. The molecule has 2 heterocycles. The number of carbonyl (C=O) groups excluding carboxylic acids is 2. The van der Waals surface area contributed by atoms with Crippen LogP contribution in [0.2, 0.25) is 0 Å². The fourth-order valence-corrected chi connectivity index (χ4v) is 3.80. The highest BCUT2D eigenvalue weighted by Gasteiger charge is 2.33. The summed E-state index contributed by atoms with van der Waals surface area (Å²) in [5.74, 6) is -2.04. The van der Waals surface area contributed by atoms with Crippen LogP contribution in [0.1, 0.15) is 32.9 Å². The predicted molar refractivity (Wildman–Crippen MR) is 118 cm³/mol. The predicted octanol–water partition coefficient (Wildman–Crippen LogP) is 2.91. The zero-order valence-corrected chi connectivity index (χ0v) is 17.7. The third kappa shape index (κ3) is 3.57. The van der Waals surface area contributed by atoms with E-state index in [1.165, 1.54) is 17.1 Å². The number of amides is 2. The molecule has 1 aliphatic heterocycles. The maximum atomic E-state index is 12.8. The number of aryl methyl sites for hydroxylation is 1. The lowest BCUT2D eigenvalue weighted by Gasteiger charge is -2.27. The number of nitrogens with one attached hydrogen (secondary N) is 1. The van der Waals surface area contributed by atoms with Crippen molar-refractivity contribution in [2.75, 3.05) is 6.54 Å². The highest BCUT2D eigenvalue weighted by atomic mass is 32.1. The number of hydrogen-bond acceptors (Lipinski definition) is 4. The lowest BCUT2D eigenvalue weighted by molar-refractivity contribution is -0.128. The molecular weight excluding hydrogens is 402 g/mol. The van der Waals surface area contributed by atoms with Crippen LogP contribution in [0, 0.1) is 20.8 Å². The van der Waals surface area contributed by atoms with Crippen molar-refractivity contribution < 1.29 is 19.5 Å². The highest BCUT2D eigenvalue weighted by Crippen LogP contribution is 2.27. The Balaban J connectivity index is 2.11. The van der Waals surface area contributed by atoms with E-state index < -0.39 is 17.8 Å². The fraction of sp³-hybridized carbons (Fsp3) is 0.182. The summed E-state index contributed by atoms with van der Waals surface area (Å²) in [5.41, 5.74) is 3.83. The minimum Gasteiger partial charge on any atom is -0.478 e. The average molecular weight is 423 g/mol. The number of aromatic nitrogens is 1. The van der Waals surface area contributed by atoms with Gasteiger partial charge in [0.25, 0.3) is 11.8 Å². The Bertz CT molecular complexity index is 1140. The number of aromatic carboxylic acids is 1. The maximum absolute atomic E-state index is 12.8. The molecule has 0 spiro atoms.